The zero-order valence-corrected chi connectivity index (χ0v) is 14.9. The van der Waals surface area contributed by atoms with Crippen LogP contribution in [0.4, 0.5) is 4.39 Å². The van der Waals surface area contributed by atoms with Crippen molar-refractivity contribution in [2.24, 2.45) is 4.99 Å². The number of benzene rings is 1. The summed E-state index contributed by atoms with van der Waals surface area (Å²) in [5, 5.41) is 7.74. The molecule has 0 radical (unpaired) electrons. The number of hydrogen-bond acceptors (Lipinski definition) is 3. The molecule has 2 aromatic heterocycles. The third kappa shape index (κ3) is 3.33. The molecular weight excluding hydrogens is 335 g/mol. The third-order valence-corrected chi connectivity index (χ3v) is 3.99. The van der Waals surface area contributed by atoms with Gasteiger partial charge in [0.1, 0.15) is 17.8 Å². The molecule has 0 amide bonds. The Balaban J connectivity index is 1.95. The average Bonchev–Trinajstić information content (AvgIpc) is 3.18. The number of aryl methyl sites for hydroxylation is 1. The van der Waals surface area contributed by atoms with Crippen LogP contribution in [0.15, 0.2) is 29.4 Å². The van der Waals surface area contributed by atoms with Gasteiger partial charge in [0.15, 0.2) is 11.6 Å². The normalized spacial score (nSPS) is 11.8. The first-order chi connectivity index (χ1) is 12.5. The van der Waals surface area contributed by atoms with Crippen LogP contribution >= 0.6 is 0 Å². The van der Waals surface area contributed by atoms with Gasteiger partial charge in [-0.2, -0.15) is 0 Å². The number of halogens is 1. The van der Waals surface area contributed by atoms with E-state index >= 15 is 0 Å². The molecule has 7 heteroatoms. The van der Waals surface area contributed by atoms with Crippen LogP contribution in [0.2, 0.25) is 0 Å². The fraction of sp³-hybridized carbons (Fsp3) is 0.263. The SMILES string of the molecule is CCCOc1c[nH]c(C(=NC=N)Oc2ccc3[nH]c(C)cc3c2F)c1C. The number of hydrogen-bond donors (Lipinski definition) is 3. The molecule has 26 heavy (non-hydrogen) atoms. The highest BCUT2D eigenvalue weighted by atomic mass is 19.1. The highest BCUT2D eigenvalue weighted by Crippen LogP contribution is 2.29. The van der Waals surface area contributed by atoms with E-state index < -0.39 is 5.82 Å². The first-order valence-corrected chi connectivity index (χ1v) is 8.38. The van der Waals surface area contributed by atoms with Crippen LogP contribution in [0.5, 0.6) is 11.5 Å². The zero-order chi connectivity index (χ0) is 18.7. The van der Waals surface area contributed by atoms with Gasteiger partial charge < -0.3 is 19.4 Å². The number of H-pyrrole nitrogens is 2. The second-order valence-corrected chi connectivity index (χ2v) is 5.96. The lowest BCUT2D eigenvalue weighted by molar-refractivity contribution is 0.316. The standard InChI is InChI=1S/C19H21FN4O2/c1-4-7-25-16-9-22-18(12(16)3)19(23-10-21)26-15-6-5-14-13(17(15)20)8-11(2)24-14/h5-6,8-10,21-22,24H,4,7H2,1-3H3. The lowest BCUT2D eigenvalue weighted by Gasteiger charge is -2.10. The first kappa shape index (κ1) is 17.7. The summed E-state index contributed by atoms with van der Waals surface area (Å²) in [6, 6.07) is 5.02. The summed E-state index contributed by atoms with van der Waals surface area (Å²) in [4.78, 5) is 10.1. The molecule has 0 saturated carbocycles. The Kier molecular flexibility index (Phi) is 5.06. The smallest absolute Gasteiger partial charge is 0.245 e. The van der Waals surface area contributed by atoms with Crippen molar-refractivity contribution in [3.8, 4) is 11.5 Å². The Morgan fingerprint density at radius 2 is 2.12 bits per heavy atom. The highest BCUT2D eigenvalue weighted by Gasteiger charge is 2.18. The van der Waals surface area contributed by atoms with Crippen LogP contribution in [0.25, 0.3) is 10.9 Å². The zero-order valence-electron chi connectivity index (χ0n) is 14.9. The number of aromatic amines is 2. The summed E-state index contributed by atoms with van der Waals surface area (Å²) < 4.78 is 26.1. The summed E-state index contributed by atoms with van der Waals surface area (Å²) in [6.07, 6.45) is 3.45. The monoisotopic (exact) mass is 356 g/mol. The Bertz CT molecular complexity index is 971. The molecule has 3 rings (SSSR count). The maximum atomic E-state index is 14.8. The molecule has 0 aliphatic rings. The van der Waals surface area contributed by atoms with E-state index in [4.69, 9.17) is 14.9 Å². The summed E-state index contributed by atoms with van der Waals surface area (Å²) in [5.74, 6) is 0.355. The van der Waals surface area contributed by atoms with Gasteiger partial charge in [0.25, 0.3) is 0 Å². The molecule has 3 aromatic rings. The van der Waals surface area contributed by atoms with Crippen LogP contribution in [-0.4, -0.2) is 28.8 Å². The molecule has 0 unspecified atom stereocenters. The second-order valence-electron chi connectivity index (χ2n) is 5.96. The summed E-state index contributed by atoms with van der Waals surface area (Å²) in [7, 11) is 0. The summed E-state index contributed by atoms with van der Waals surface area (Å²) in [6.45, 7) is 6.33. The predicted octanol–water partition coefficient (Wildman–Crippen LogP) is 4.47. The van der Waals surface area contributed by atoms with Gasteiger partial charge in [0.05, 0.1) is 6.61 Å². The maximum absolute atomic E-state index is 14.8. The molecule has 6 nitrogen and oxygen atoms in total. The van der Waals surface area contributed by atoms with Gasteiger partial charge in [-0.3, -0.25) is 5.41 Å². The van der Waals surface area contributed by atoms with E-state index in [1.165, 1.54) is 0 Å². The van der Waals surface area contributed by atoms with Crippen molar-refractivity contribution in [2.75, 3.05) is 6.61 Å². The van der Waals surface area contributed by atoms with E-state index in [-0.39, 0.29) is 11.6 Å². The fourth-order valence-corrected chi connectivity index (χ4v) is 2.73. The van der Waals surface area contributed by atoms with Crippen LogP contribution in [0.3, 0.4) is 0 Å². The Morgan fingerprint density at radius 3 is 2.85 bits per heavy atom. The summed E-state index contributed by atoms with van der Waals surface area (Å²) in [5.41, 5.74) is 2.90. The van der Waals surface area contributed by atoms with Gasteiger partial charge in [-0.1, -0.05) is 6.92 Å². The molecular formula is C19H21FN4O2. The average molecular weight is 356 g/mol. The topological polar surface area (TPSA) is 86.2 Å². The number of nitrogens with zero attached hydrogens (tertiary/aromatic N) is 1. The van der Waals surface area contributed by atoms with Crippen molar-refractivity contribution in [1.29, 1.82) is 5.41 Å². The van der Waals surface area contributed by atoms with Crippen molar-refractivity contribution in [2.45, 2.75) is 27.2 Å². The molecule has 0 bridgehead atoms. The minimum Gasteiger partial charge on any atom is -0.492 e. The van der Waals surface area contributed by atoms with E-state index in [1.807, 2.05) is 20.8 Å². The second kappa shape index (κ2) is 7.43. The molecule has 0 atom stereocenters. The van der Waals surface area contributed by atoms with Crippen molar-refractivity contribution in [3.05, 3.63) is 47.2 Å². The maximum Gasteiger partial charge on any atom is 0.245 e. The molecule has 0 aliphatic heterocycles. The first-order valence-electron chi connectivity index (χ1n) is 8.38. The number of ether oxygens (including phenoxy) is 2. The molecule has 2 heterocycles. The van der Waals surface area contributed by atoms with E-state index in [9.17, 15) is 4.39 Å². The molecule has 0 spiro atoms. The highest BCUT2D eigenvalue weighted by molar-refractivity contribution is 6.00. The number of aliphatic imine (C=N–C) groups is 1. The van der Waals surface area contributed by atoms with Crippen LogP contribution in [0, 0.1) is 25.1 Å². The van der Waals surface area contributed by atoms with Crippen LogP contribution < -0.4 is 9.47 Å². The van der Waals surface area contributed by atoms with Gasteiger partial charge in [-0.15, -0.1) is 0 Å². The van der Waals surface area contributed by atoms with Crippen molar-refractivity contribution in [3.63, 3.8) is 0 Å². The Labute approximate surface area is 150 Å². The Morgan fingerprint density at radius 1 is 1.31 bits per heavy atom. The van der Waals surface area contributed by atoms with Gasteiger partial charge in [-0.25, -0.2) is 9.38 Å². The van der Waals surface area contributed by atoms with E-state index in [1.54, 1.807) is 24.4 Å². The van der Waals surface area contributed by atoms with Crippen LogP contribution in [-0.2, 0) is 0 Å². The molecule has 3 N–H and O–H groups in total. The van der Waals surface area contributed by atoms with Gasteiger partial charge in [0, 0.05) is 28.4 Å². The van der Waals surface area contributed by atoms with Gasteiger partial charge in [-0.05, 0) is 38.5 Å². The number of fused-ring (bicyclic) bond motifs is 1. The van der Waals surface area contributed by atoms with Gasteiger partial charge >= 0.3 is 0 Å². The lowest BCUT2D eigenvalue weighted by atomic mass is 10.2. The molecule has 0 saturated heterocycles. The van der Waals surface area contributed by atoms with E-state index in [0.717, 1.165) is 24.0 Å². The largest absolute Gasteiger partial charge is 0.492 e. The minimum atomic E-state index is -0.476. The molecule has 0 aliphatic carbocycles. The molecule has 136 valence electrons. The van der Waals surface area contributed by atoms with Crippen molar-refractivity contribution >= 4 is 23.1 Å². The predicted molar refractivity (Wildman–Crippen MR) is 100 cm³/mol. The summed E-state index contributed by atoms with van der Waals surface area (Å²) >= 11 is 0. The lowest BCUT2D eigenvalue weighted by Crippen LogP contribution is -2.13. The van der Waals surface area contributed by atoms with Crippen LogP contribution in [0.1, 0.15) is 30.3 Å². The minimum absolute atomic E-state index is 0.0436. The quantitative estimate of drug-likeness (QED) is 0.449. The number of nitrogens with one attached hydrogen (secondary N) is 3. The van der Waals surface area contributed by atoms with Crippen molar-refractivity contribution in [1.82, 2.24) is 9.97 Å². The third-order valence-electron chi connectivity index (χ3n) is 3.99. The Hall–Kier alpha value is -3.09. The van der Waals surface area contributed by atoms with E-state index in [2.05, 4.69) is 15.0 Å². The fourth-order valence-electron chi connectivity index (χ4n) is 2.73. The number of aromatic nitrogens is 2. The van der Waals surface area contributed by atoms with Crippen molar-refractivity contribution < 1.29 is 13.9 Å². The van der Waals surface area contributed by atoms with Gasteiger partial charge in [0.2, 0.25) is 5.90 Å². The molecule has 0 fully saturated rings. The number of rotatable bonds is 6. The molecule has 1 aromatic carbocycles. The van der Waals surface area contributed by atoms with E-state index in [0.29, 0.717) is 29.0 Å².